The Morgan fingerprint density at radius 2 is 2.00 bits per heavy atom. The minimum atomic E-state index is 0. The van der Waals surface area contributed by atoms with Crippen LogP contribution in [0.25, 0.3) is 0 Å². The van der Waals surface area contributed by atoms with Crippen LogP contribution in [-0.2, 0) is 0 Å². The molecule has 0 radical (unpaired) electrons. The van der Waals surface area contributed by atoms with Crippen LogP contribution in [0.1, 0.15) is 34.6 Å². The molecule has 94 valence electrons. The van der Waals surface area contributed by atoms with Gasteiger partial charge in [-0.2, -0.15) is 0 Å². The predicted molar refractivity (Wildman–Crippen MR) is 74.9 cm³/mol. The van der Waals surface area contributed by atoms with Crippen LogP contribution in [0.4, 0.5) is 0 Å². The summed E-state index contributed by atoms with van der Waals surface area (Å²) in [5, 5.41) is 9.98. The molecule has 1 N–H and O–H groups in total. The molecule has 2 rings (SSSR count). The summed E-state index contributed by atoms with van der Waals surface area (Å²) in [5.74, 6) is 1.01. The highest BCUT2D eigenvalue weighted by Crippen LogP contribution is 2.40. The minimum absolute atomic E-state index is 0. The average molecular weight is 232 g/mol. The highest BCUT2D eigenvalue weighted by Gasteiger charge is 2.30. The Morgan fingerprint density at radius 1 is 1.35 bits per heavy atom. The standard InChI is InChI=1S/C15H20O.CH4/c1-10-7-11-5-6-12(15(2,3)4)9-13(11)14(16)8-10;/h5-6,8-9,11,13,16H,1,7H2,2-4H3;1H4. The summed E-state index contributed by atoms with van der Waals surface area (Å²) < 4.78 is 0. The van der Waals surface area contributed by atoms with E-state index in [1.807, 2.05) is 6.08 Å². The van der Waals surface area contributed by atoms with E-state index < -0.39 is 0 Å². The van der Waals surface area contributed by atoms with Crippen molar-refractivity contribution in [3.63, 3.8) is 0 Å². The second kappa shape index (κ2) is 4.56. The molecular weight excluding hydrogens is 208 g/mol. The number of rotatable bonds is 0. The summed E-state index contributed by atoms with van der Waals surface area (Å²) in [7, 11) is 0. The molecule has 0 bridgehead atoms. The Kier molecular flexibility index (Phi) is 3.71. The Labute approximate surface area is 105 Å². The maximum absolute atomic E-state index is 9.98. The zero-order chi connectivity index (χ0) is 11.9. The van der Waals surface area contributed by atoms with Crippen LogP contribution in [-0.4, -0.2) is 5.11 Å². The maximum Gasteiger partial charge on any atom is 0.0999 e. The van der Waals surface area contributed by atoms with Gasteiger partial charge in [-0.25, -0.2) is 0 Å². The molecule has 1 heteroatoms. The molecule has 2 atom stereocenters. The van der Waals surface area contributed by atoms with E-state index in [4.69, 9.17) is 0 Å². The van der Waals surface area contributed by atoms with Crippen LogP contribution in [0.5, 0.6) is 0 Å². The van der Waals surface area contributed by atoms with Crippen LogP contribution < -0.4 is 0 Å². The van der Waals surface area contributed by atoms with Crippen LogP contribution in [0.15, 0.2) is 47.8 Å². The van der Waals surface area contributed by atoms with E-state index in [0.717, 1.165) is 12.0 Å². The third kappa shape index (κ3) is 2.71. The Bertz CT molecular complexity index is 402. The van der Waals surface area contributed by atoms with E-state index >= 15 is 0 Å². The van der Waals surface area contributed by atoms with Gasteiger partial charge in [0.05, 0.1) is 5.76 Å². The number of hydrogen-bond donors (Lipinski definition) is 1. The molecule has 0 aromatic rings. The quantitative estimate of drug-likeness (QED) is 0.636. The van der Waals surface area contributed by atoms with Crippen molar-refractivity contribution in [2.24, 2.45) is 17.3 Å². The number of fused-ring (bicyclic) bond motifs is 1. The average Bonchev–Trinajstić information content (AvgIpc) is 2.15. The third-order valence-corrected chi connectivity index (χ3v) is 3.40. The fourth-order valence-corrected chi connectivity index (χ4v) is 2.39. The van der Waals surface area contributed by atoms with Gasteiger partial charge in [0, 0.05) is 5.92 Å². The van der Waals surface area contributed by atoms with Gasteiger partial charge in [0.2, 0.25) is 0 Å². The number of aliphatic hydroxyl groups excluding tert-OH is 1. The maximum atomic E-state index is 9.98. The van der Waals surface area contributed by atoms with Crippen molar-refractivity contribution in [1.82, 2.24) is 0 Å². The lowest BCUT2D eigenvalue weighted by molar-refractivity contribution is 0.305. The molecule has 0 saturated heterocycles. The second-order valence-electron chi connectivity index (χ2n) is 5.85. The third-order valence-electron chi connectivity index (χ3n) is 3.40. The lowest BCUT2D eigenvalue weighted by atomic mass is 9.73. The zero-order valence-corrected chi connectivity index (χ0v) is 10.3. The van der Waals surface area contributed by atoms with E-state index in [1.165, 1.54) is 5.57 Å². The van der Waals surface area contributed by atoms with Crippen molar-refractivity contribution in [3.8, 4) is 0 Å². The van der Waals surface area contributed by atoms with E-state index in [-0.39, 0.29) is 18.8 Å². The van der Waals surface area contributed by atoms with Gasteiger partial charge in [0.25, 0.3) is 0 Å². The van der Waals surface area contributed by atoms with Gasteiger partial charge in [0.1, 0.15) is 0 Å². The van der Waals surface area contributed by atoms with Gasteiger partial charge in [-0.05, 0) is 29.4 Å². The van der Waals surface area contributed by atoms with E-state index in [2.05, 4.69) is 45.6 Å². The van der Waals surface area contributed by atoms with Crippen LogP contribution >= 0.6 is 0 Å². The first kappa shape index (κ1) is 13.8. The fourth-order valence-electron chi connectivity index (χ4n) is 2.39. The van der Waals surface area contributed by atoms with E-state index in [0.29, 0.717) is 11.7 Å². The first-order valence-electron chi connectivity index (χ1n) is 5.87. The molecule has 0 saturated carbocycles. The van der Waals surface area contributed by atoms with E-state index in [9.17, 15) is 5.11 Å². The minimum Gasteiger partial charge on any atom is -0.512 e. The van der Waals surface area contributed by atoms with Crippen molar-refractivity contribution in [2.75, 3.05) is 0 Å². The lowest BCUT2D eigenvalue weighted by Gasteiger charge is -2.33. The van der Waals surface area contributed by atoms with Crippen LogP contribution in [0, 0.1) is 17.3 Å². The summed E-state index contributed by atoms with van der Waals surface area (Å²) in [6.07, 6.45) is 9.41. The molecule has 0 aromatic carbocycles. The number of aliphatic hydroxyl groups is 1. The highest BCUT2D eigenvalue weighted by molar-refractivity contribution is 5.38. The van der Waals surface area contributed by atoms with Gasteiger partial charge in [-0.3, -0.25) is 0 Å². The summed E-state index contributed by atoms with van der Waals surface area (Å²) in [5.41, 5.74) is 2.48. The summed E-state index contributed by atoms with van der Waals surface area (Å²) in [4.78, 5) is 0. The molecule has 2 aliphatic rings. The van der Waals surface area contributed by atoms with Crippen molar-refractivity contribution in [3.05, 3.63) is 47.8 Å². The zero-order valence-electron chi connectivity index (χ0n) is 10.3. The normalized spacial score (nSPS) is 27.8. The number of allylic oxidation sites excluding steroid dienone is 6. The van der Waals surface area contributed by atoms with Gasteiger partial charge < -0.3 is 5.11 Å². The molecule has 0 amide bonds. The van der Waals surface area contributed by atoms with Gasteiger partial charge in [-0.15, -0.1) is 0 Å². The Morgan fingerprint density at radius 3 is 2.59 bits per heavy atom. The molecule has 0 fully saturated rings. The lowest BCUT2D eigenvalue weighted by Crippen LogP contribution is -2.23. The Hall–Kier alpha value is -1.24. The highest BCUT2D eigenvalue weighted by atomic mass is 16.3. The summed E-state index contributed by atoms with van der Waals surface area (Å²) in [6, 6.07) is 0. The van der Waals surface area contributed by atoms with Crippen molar-refractivity contribution >= 4 is 0 Å². The number of hydrogen-bond acceptors (Lipinski definition) is 1. The van der Waals surface area contributed by atoms with Gasteiger partial charge in [-0.1, -0.05) is 58.6 Å². The topological polar surface area (TPSA) is 20.2 Å². The van der Waals surface area contributed by atoms with Crippen molar-refractivity contribution in [1.29, 1.82) is 0 Å². The predicted octanol–water partition coefficient (Wildman–Crippen LogP) is 4.80. The molecular formula is C16H24O. The smallest absolute Gasteiger partial charge is 0.0999 e. The van der Waals surface area contributed by atoms with Crippen LogP contribution in [0.3, 0.4) is 0 Å². The second-order valence-corrected chi connectivity index (χ2v) is 5.85. The van der Waals surface area contributed by atoms with Crippen LogP contribution in [0.2, 0.25) is 0 Å². The molecule has 17 heavy (non-hydrogen) atoms. The van der Waals surface area contributed by atoms with Gasteiger partial charge >= 0.3 is 0 Å². The first-order chi connectivity index (χ1) is 7.38. The summed E-state index contributed by atoms with van der Waals surface area (Å²) >= 11 is 0. The molecule has 0 aromatic heterocycles. The van der Waals surface area contributed by atoms with Crippen molar-refractivity contribution in [2.45, 2.75) is 34.6 Å². The molecule has 0 aliphatic heterocycles. The fraction of sp³-hybridized carbons (Fsp3) is 0.500. The SMILES string of the molecule is C.C=C1C=C(O)C2C=C(C(C)(C)C)C=CC2C1. The molecule has 0 spiro atoms. The Balaban J connectivity index is 0.00000144. The van der Waals surface area contributed by atoms with E-state index in [1.54, 1.807) is 0 Å². The largest absolute Gasteiger partial charge is 0.512 e. The molecule has 1 nitrogen and oxygen atoms in total. The summed E-state index contributed by atoms with van der Waals surface area (Å²) in [6.45, 7) is 10.5. The van der Waals surface area contributed by atoms with Gasteiger partial charge in [0.15, 0.2) is 0 Å². The molecule has 2 aliphatic carbocycles. The monoisotopic (exact) mass is 232 g/mol. The molecule has 0 heterocycles. The van der Waals surface area contributed by atoms with Crippen molar-refractivity contribution < 1.29 is 5.11 Å². The molecule has 2 unspecified atom stereocenters. The first-order valence-corrected chi connectivity index (χ1v) is 5.87.